The number of carbonyl (C=O) groups excluding carboxylic acids is 2. The third-order valence-electron chi connectivity index (χ3n) is 16.7. The number of hydrogen-bond donors (Lipinski definition) is 3. The molecule has 468 valence electrons. The summed E-state index contributed by atoms with van der Waals surface area (Å²) in [5.74, 6) is 1.04. The second kappa shape index (κ2) is 33.1. The molecule has 6 atom stereocenters. The quantitative estimate of drug-likeness (QED) is 0.0342. The highest BCUT2D eigenvalue weighted by molar-refractivity contribution is 5.80. The number of methoxy groups -OCH3 is 4. The van der Waals surface area contributed by atoms with Crippen LogP contribution in [0.25, 0.3) is 0 Å². The predicted molar refractivity (Wildman–Crippen MR) is 327 cm³/mol. The number of likely N-dealkylation sites (tertiary alicyclic amines) is 2. The number of nitrogens with one attached hydrogen (secondary N) is 1. The summed E-state index contributed by atoms with van der Waals surface area (Å²) < 4.78 is 45.5. The Morgan fingerprint density at radius 1 is 0.588 bits per heavy atom. The summed E-state index contributed by atoms with van der Waals surface area (Å²) >= 11 is 0. The number of aliphatic carboxylic acids is 2. The Morgan fingerprint density at radius 3 is 1.45 bits per heavy atom. The number of quaternary nitrogens is 1. The molecule has 2 fully saturated rings. The Bertz CT molecular complexity index is 2790. The van der Waals surface area contributed by atoms with Gasteiger partial charge in [-0.25, -0.2) is 0 Å². The van der Waals surface area contributed by atoms with E-state index in [0.29, 0.717) is 73.5 Å². The van der Waals surface area contributed by atoms with E-state index in [2.05, 4.69) is 59.1 Å². The largest absolute Gasteiger partial charge is 0.496 e. The van der Waals surface area contributed by atoms with Crippen LogP contribution in [0.3, 0.4) is 0 Å². The van der Waals surface area contributed by atoms with Crippen LogP contribution in [0.1, 0.15) is 120 Å². The van der Waals surface area contributed by atoms with Gasteiger partial charge in [-0.3, -0.25) is 29.0 Å². The van der Waals surface area contributed by atoms with E-state index in [-0.39, 0.29) is 62.4 Å². The summed E-state index contributed by atoms with van der Waals surface area (Å²) in [6.07, 6.45) is 9.07. The van der Waals surface area contributed by atoms with E-state index in [9.17, 15) is 29.4 Å². The Hall–Kier alpha value is -6.96. The summed E-state index contributed by atoms with van der Waals surface area (Å²) in [4.78, 5) is 58.0. The normalized spacial score (nSPS) is 19.5. The number of carboxylic acids is 2. The highest BCUT2D eigenvalue weighted by atomic mass is 16.7. The molecule has 0 aromatic heterocycles. The number of ether oxygens (including phenoxy) is 8. The number of carbonyl (C=O) groups is 4. The second-order valence-electron chi connectivity index (χ2n) is 23.3. The monoisotopic (exact) mass is 1180 g/mol. The number of carboxylic acid groups (broad SMARTS) is 2. The molecule has 0 radical (unpaired) electrons. The van der Waals surface area contributed by atoms with Gasteiger partial charge in [0.1, 0.15) is 11.5 Å². The first kappa shape index (κ1) is 67.2. The lowest BCUT2D eigenvalue weighted by Crippen LogP contribution is -2.44. The molecule has 8 rings (SSSR count). The van der Waals surface area contributed by atoms with Gasteiger partial charge in [-0.05, 0) is 123 Å². The zero-order chi connectivity index (χ0) is 61.6. The fourth-order valence-corrected chi connectivity index (χ4v) is 11.8. The van der Waals surface area contributed by atoms with Crippen molar-refractivity contribution in [1.82, 2.24) is 20.0 Å². The van der Waals surface area contributed by atoms with Crippen LogP contribution in [-0.2, 0) is 32.0 Å². The number of aryl methyl sites for hydroxylation is 2. The molecule has 2 amide bonds. The smallest absolute Gasteiger partial charge is 0.308 e. The van der Waals surface area contributed by atoms with Gasteiger partial charge < -0.3 is 62.8 Å². The maximum atomic E-state index is 13.6. The maximum Gasteiger partial charge on any atom is 0.308 e. The summed E-state index contributed by atoms with van der Waals surface area (Å²) in [5.41, 5.74) is 3.80. The van der Waals surface area contributed by atoms with Crippen molar-refractivity contribution in [3.05, 3.63) is 95.1 Å². The van der Waals surface area contributed by atoms with Crippen LogP contribution >= 0.6 is 0 Å². The molecular formula is C66H96N5O14+. The summed E-state index contributed by atoms with van der Waals surface area (Å²) in [6, 6.07) is 22.6. The van der Waals surface area contributed by atoms with Gasteiger partial charge in [0.2, 0.25) is 36.9 Å². The van der Waals surface area contributed by atoms with Crippen molar-refractivity contribution < 1.29 is 71.8 Å². The number of unbranched alkanes of at least 4 members (excludes halogenated alkanes) is 2. The topological polar surface area (TPSA) is 204 Å². The van der Waals surface area contributed by atoms with Crippen LogP contribution in [0, 0.1) is 11.8 Å². The highest BCUT2D eigenvalue weighted by Crippen LogP contribution is 2.49. The number of nitrogens with zero attached hydrogens (tertiary/aromatic N) is 4. The average molecular weight is 1180 g/mol. The fourth-order valence-electron chi connectivity index (χ4n) is 11.8. The minimum Gasteiger partial charge on any atom is -0.496 e. The molecule has 4 aromatic rings. The van der Waals surface area contributed by atoms with Gasteiger partial charge in [0, 0.05) is 56.6 Å². The Labute approximate surface area is 504 Å². The van der Waals surface area contributed by atoms with Gasteiger partial charge in [0.05, 0.1) is 81.1 Å². The maximum absolute atomic E-state index is 13.6. The van der Waals surface area contributed by atoms with Crippen molar-refractivity contribution in [1.29, 1.82) is 0 Å². The molecule has 19 nitrogen and oxygen atoms in total. The second-order valence-corrected chi connectivity index (χ2v) is 23.3. The van der Waals surface area contributed by atoms with Gasteiger partial charge in [-0.1, -0.05) is 70.0 Å². The first-order chi connectivity index (χ1) is 40.9. The lowest BCUT2D eigenvalue weighted by molar-refractivity contribution is -0.868. The van der Waals surface area contributed by atoms with Crippen LogP contribution in [0.15, 0.2) is 72.8 Å². The molecule has 4 aliphatic rings. The molecule has 2 saturated heterocycles. The van der Waals surface area contributed by atoms with Crippen molar-refractivity contribution in [2.75, 3.05) is 116 Å². The third kappa shape index (κ3) is 18.3. The summed E-state index contributed by atoms with van der Waals surface area (Å²) in [6.45, 7) is 13.2. The molecule has 3 N–H and O–H groups in total. The Morgan fingerprint density at radius 2 is 1.04 bits per heavy atom. The van der Waals surface area contributed by atoms with E-state index in [4.69, 9.17) is 37.9 Å². The van der Waals surface area contributed by atoms with Gasteiger partial charge in [-0.15, -0.1) is 0 Å². The number of hydrogen-bond acceptors (Lipinski definition) is 14. The Balaban J connectivity index is 0.000000249. The van der Waals surface area contributed by atoms with Gasteiger partial charge in [0.15, 0.2) is 23.0 Å². The van der Waals surface area contributed by atoms with E-state index in [0.717, 1.165) is 103 Å². The van der Waals surface area contributed by atoms with Crippen molar-refractivity contribution in [2.24, 2.45) is 11.8 Å². The van der Waals surface area contributed by atoms with Crippen LogP contribution in [-0.4, -0.2) is 181 Å². The van der Waals surface area contributed by atoms with Gasteiger partial charge >= 0.3 is 11.9 Å². The minimum absolute atomic E-state index is 0.0584. The van der Waals surface area contributed by atoms with E-state index >= 15 is 0 Å². The molecule has 4 heterocycles. The molecule has 0 saturated carbocycles. The first-order valence-electron chi connectivity index (χ1n) is 30.4. The molecule has 0 bridgehead atoms. The summed E-state index contributed by atoms with van der Waals surface area (Å²) in [7, 11) is 13.0. The van der Waals surface area contributed by atoms with E-state index < -0.39 is 23.8 Å². The molecule has 0 spiro atoms. The van der Waals surface area contributed by atoms with Crippen molar-refractivity contribution in [2.45, 2.75) is 122 Å². The standard InChI is InChI=1S/C32H44N2O7.C29H38N2O7.C5H14N/c1-5-7-16-33(15-6-2)29(35)20-34-19-24(23-17-27(39-4)31-28(18-23)40-21-41-31)30(32(36)37)25(34)13-10-12-22-11-8-9-14-26(22)38-3;1-4-5-13-30-26(32)17-31-16-21(20-14-24(36-3)28-25(15-20)37-18-38-28)27(29(33)34)22(31)11-8-10-19-9-6-7-12-23(19)35-2;1-5-6(2,3)4/h8-9,11,14,17-18,24-25,30H,5-7,10,12-13,15-16,19-21H2,1-4H3,(H,36,37);6-7,9,12,14-15,21-22,27H,4-5,8,10-11,13,16-18H2,1-3H3,(H,30,32)(H,33,34);5H2,1-4H3/q;;+1/t24-,25+,30-;21-,22+,27-;/m11./s1. The molecule has 4 aromatic carbocycles. The Kier molecular flexibility index (Phi) is 26.1. The number of rotatable bonds is 29. The SMILES string of the molecule is CCCCN(CCC)C(=O)CN1C[C@H](c2cc(OC)c3c(c2)OCO3)[C@@H](C(=O)O)[C@@H]1CCCc1ccccc1OC.CCCCNC(=O)CN1C[C@H](c2cc(OC)c3c(c2)OCO3)[C@@H](C(=O)O)[C@@H]1CCCc1ccccc1OC.CC[N+](C)(C)C. The zero-order valence-electron chi connectivity index (χ0n) is 52.3. The van der Waals surface area contributed by atoms with Crippen LogP contribution in [0.5, 0.6) is 46.0 Å². The first-order valence-corrected chi connectivity index (χ1v) is 30.4. The van der Waals surface area contributed by atoms with Gasteiger partial charge in [0.25, 0.3) is 0 Å². The fraction of sp³-hybridized carbons (Fsp3) is 0.576. The number of amides is 2. The lowest BCUT2D eigenvalue weighted by atomic mass is 9.83. The van der Waals surface area contributed by atoms with E-state index in [1.165, 1.54) is 6.54 Å². The van der Waals surface area contributed by atoms with Crippen molar-refractivity contribution in [3.8, 4) is 46.0 Å². The van der Waals surface area contributed by atoms with E-state index in [1.54, 1.807) is 28.4 Å². The van der Waals surface area contributed by atoms with Crippen LogP contribution in [0.4, 0.5) is 0 Å². The molecular weight excluding hydrogens is 1090 g/mol. The molecule has 0 aliphatic carbocycles. The van der Waals surface area contributed by atoms with Crippen LogP contribution < -0.4 is 43.2 Å². The number of fused-ring (bicyclic) bond motifs is 2. The number of benzene rings is 4. The lowest BCUT2D eigenvalue weighted by Gasteiger charge is -2.29. The zero-order valence-corrected chi connectivity index (χ0v) is 52.3. The summed E-state index contributed by atoms with van der Waals surface area (Å²) in [5, 5.41) is 24.0. The average Bonchev–Trinajstić information content (AvgIpc) is 2.52. The highest BCUT2D eigenvalue weighted by Gasteiger charge is 2.49. The molecule has 0 unspecified atom stereocenters. The molecule has 85 heavy (non-hydrogen) atoms. The third-order valence-corrected chi connectivity index (χ3v) is 16.7. The minimum atomic E-state index is -0.872. The van der Waals surface area contributed by atoms with E-state index in [1.807, 2.05) is 82.6 Å². The molecule has 4 aliphatic heterocycles. The van der Waals surface area contributed by atoms with Crippen molar-refractivity contribution >= 4 is 23.8 Å². The van der Waals surface area contributed by atoms with Gasteiger partial charge in [-0.2, -0.15) is 0 Å². The van der Waals surface area contributed by atoms with Crippen LogP contribution in [0.2, 0.25) is 0 Å². The molecule has 19 heteroatoms. The van der Waals surface area contributed by atoms with Crippen molar-refractivity contribution in [3.63, 3.8) is 0 Å². The predicted octanol–water partition coefficient (Wildman–Crippen LogP) is 9.52. The number of para-hydroxylation sites is 2.